The number of amides is 2. The van der Waals surface area contributed by atoms with E-state index in [1.165, 1.54) is 0 Å². The molecule has 0 bridgehead atoms. The maximum Gasteiger partial charge on any atom is 0.245 e. The van der Waals surface area contributed by atoms with Crippen molar-refractivity contribution in [3.63, 3.8) is 0 Å². The molecule has 1 aliphatic heterocycles. The highest BCUT2D eigenvalue weighted by atomic mass is 16.5. The van der Waals surface area contributed by atoms with Crippen LogP contribution in [-0.4, -0.2) is 54.6 Å². The first kappa shape index (κ1) is 14.3. The summed E-state index contributed by atoms with van der Waals surface area (Å²) in [5, 5.41) is 2.75. The van der Waals surface area contributed by atoms with Crippen LogP contribution in [0.15, 0.2) is 0 Å². The molecule has 1 saturated carbocycles. The summed E-state index contributed by atoms with van der Waals surface area (Å²) in [6.45, 7) is 3.64. The van der Waals surface area contributed by atoms with Crippen molar-refractivity contribution < 1.29 is 14.3 Å². The van der Waals surface area contributed by atoms with Gasteiger partial charge in [0.05, 0.1) is 13.2 Å². The van der Waals surface area contributed by atoms with E-state index < -0.39 is 6.04 Å². The van der Waals surface area contributed by atoms with Crippen LogP contribution in [0.3, 0.4) is 0 Å². The molecule has 1 unspecified atom stereocenters. The Morgan fingerprint density at radius 1 is 1.47 bits per heavy atom. The van der Waals surface area contributed by atoms with Crippen LogP contribution in [-0.2, 0) is 14.3 Å². The molecule has 19 heavy (non-hydrogen) atoms. The first-order valence-corrected chi connectivity index (χ1v) is 6.99. The highest BCUT2D eigenvalue weighted by Gasteiger charge is 2.39. The third-order valence-electron chi connectivity index (χ3n) is 3.96. The Hall–Kier alpha value is -1.14. The molecule has 6 nitrogen and oxygen atoms in total. The largest absolute Gasteiger partial charge is 0.377 e. The lowest BCUT2D eigenvalue weighted by atomic mass is 9.75. The fourth-order valence-corrected chi connectivity index (χ4v) is 2.62. The summed E-state index contributed by atoms with van der Waals surface area (Å²) in [6.07, 6.45) is 3.22. The molecule has 2 fully saturated rings. The first-order valence-electron chi connectivity index (χ1n) is 6.99. The predicted molar refractivity (Wildman–Crippen MR) is 70.4 cm³/mol. The molecule has 6 heteroatoms. The number of carbonyl (C=O) groups excluding carboxylic acids is 2. The molecule has 0 spiro atoms. The maximum absolute atomic E-state index is 12.3. The number of hydrogen-bond donors (Lipinski definition) is 2. The van der Waals surface area contributed by atoms with Gasteiger partial charge in [-0.05, 0) is 26.2 Å². The lowest BCUT2D eigenvalue weighted by molar-refractivity contribution is -0.149. The van der Waals surface area contributed by atoms with E-state index in [1.54, 1.807) is 4.90 Å². The molecule has 0 aromatic carbocycles. The van der Waals surface area contributed by atoms with Gasteiger partial charge in [-0.3, -0.25) is 9.59 Å². The summed E-state index contributed by atoms with van der Waals surface area (Å²) in [5.74, 6) is -0.169. The first-order chi connectivity index (χ1) is 9.06. The zero-order valence-electron chi connectivity index (χ0n) is 11.5. The summed E-state index contributed by atoms with van der Waals surface area (Å²) in [5.41, 5.74) is 5.77. The molecule has 1 heterocycles. The molecule has 108 valence electrons. The number of rotatable bonds is 4. The van der Waals surface area contributed by atoms with E-state index in [9.17, 15) is 9.59 Å². The molecule has 2 rings (SSSR count). The van der Waals surface area contributed by atoms with Gasteiger partial charge in [0.15, 0.2) is 0 Å². The van der Waals surface area contributed by atoms with Gasteiger partial charge in [0.2, 0.25) is 11.8 Å². The SMILES string of the molecule is CCNC(=O)C1COCCN1C(=O)CC1(N)CCC1. The second kappa shape index (κ2) is 5.88. The highest BCUT2D eigenvalue weighted by molar-refractivity contribution is 5.88. The van der Waals surface area contributed by atoms with Gasteiger partial charge < -0.3 is 20.7 Å². The van der Waals surface area contributed by atoms with Crippen LogP contribution in [0, 0.1) is 0 Å². The zero-order valence-corrected chi connectivity index (χ0v) is 11.5. The van der Waals surface area contributed by atoms with Crippen molar-refractivity contribution in [3.8, 4) is 0 Å². The van der Waals surface area contributed by atoms with Gasteiger partial charge in [0, 0.05) is 25.0 Å². The Morgan fingerprint density at radius 3 is 2.79 bits per heavy atom. The van der Waals surface area contributed by atoms with Crippen molar-refractivity contribution in [1.29, 1.82) is 0 Å². The quantitative estimate of drug-likeness (QED) is 0.728. The highest BCUT2D eigenvalue weighted by Crippen LogP contribution is 2.33. The average Bonchev–Trinajstić information content (AvgIpc) is 2.37. The number of hydrogen-bond acceptors (Lipinski definition) is 4. The van der Waals surface area contributed by atoms with E-state index in [2.05, 4.69) is 5.32 Å². The van der Waals surface area contributed by atoms with Crippen molar-refractivity contribution in [2.45, 2.75) is 44.2 Å². The number of nitrogens with one attached hydrogen (secondary N) is 1. The third kappa shape index (κ3) is 3.25. The minimum absolute atomic E-state index is 0.0262. The van der Waals surface area contributed by atoms with Gasteiger partial charge in [-0.15, -0.1) is 0 Å². The van der Waals surface area contributed by atoms with Crippen molar-refractivity contribution in [3.05, 3.63) is 0 Å². The molecule has 2 aliphatic rings. The Balaban J connectivity index is 1.98. The second-order valence-corrected chi connectivity index (χ2v) is 5.47. The van der Waals surface area contributed by atoms with Crippen LogP contribution in [0.25, 0.3) is 0 Å². The molecule has 0 aromatic rings. The second-order valence-electron chi connectivity index (χ2n) is 5.47. The van der Waals surface area contributed by atoms with Crippen molar-refractivity contribution >= 4 is 11.8 Å². The summed E-state index contributed by atoms with van der Waals surface area (Å²) < 4.78 is 5.31. The summed E-state index contributed by atoms with van der Waals surface area (Å²) >= 11 is 0. The van der Waals surface area contributed by atoms with Crippen LogP contribution < -0.4 is 11.1 Å². The minimum Gasteiger partial charge on any atom is -0.377 e. The molecule has 0 aromatic heterocycles. The number of carbonyl (C=O) groups is 2. The van der Waals surface area contributed by atoms with Gasteiger partial charge in [-0.1, -0.05) is 0 Å². The number of morpholine rings is 1. The molecule has 2 amide bonds. The maximum atomic E-state index is 12.3. The summed E-state index contributed by atoms with van der Waals surface area (Å²) in [6, 6.07) is -0.509. The fraction of sp³-hybridized carbons (Fsp3) is 0.846. The van der Waals surface area contributed by atoms with Crippen LogP contribution in [0.1, 0.15) is 32.6 Å². The molecular formula is C13H23N3O3. The normalized spacial score (nSPS) is 25.6. The van der Waals surface area contributed by atoms with E-state index >= 15 is 0 Å². The number of ether oxygens (including phenoxy) is 1. The van der Waals surface area contributed by atoms with Crippen LogP contribution >= 0.6 is 0 Å². The number of nitrogens with zero attached hydrogens (tertiary/aromatic N) is 1. The van der Waals surface area contributed by atoms with E-state index in [4.69, 9.17) is 10.5 Å². The molecular weight excluding hydrogens is 246 g/mol. The lowest BCUT2D eigenvalue weighted by Gasteiger charge is -2.41. The Morgan fingerprint density at radius 2 is 2.21 bits per heavy atom. The third-order valence-corrected chi connectivity index (χ3v) is 3.96. The van der Waals surface area contributed by atoms with Gasteiger partial charge in [0.1, 0.15) is 6.04 Å². The van der Waals surface area contributed by atoms with E-state index in [1.807, 2.05) is 6.92 Å². The van der Waals surface area contributed by atoms with E-state index in [0.29, 0.717) is 26.1 Å². The van der Waals surface area contributed by atoms with Gasteiger partial charge in [-0.25, -0.2) is 0 Å². The summed E-state index contributed by atoms with van der Waals surface area (Å²) in [7, 11) is 0. The minimum atomic E-state index is -0.509. The van der Waals surface area contributed by atoms with Crippen LogP contribution in [0.5, 0.6) is 0 Å². The van der Waals surface area contributed by atoms with Gasteiger partial charge in [-0.2, -0.15) is 0 Å². The van der Waals surface area contributed by atoms with Crippen molar-refractivity contribution in [2.24, 2.45) is 5.73 Å². The van der Waals surface area contributed by atoms with Crippen molar-refractivity contribution in [2.75, 3.05) is 26.3 Å². The molecule has 0 radical (unpaired) electrons. The smallest absolute Gasteiger partial charge is 0.245 e. The molecule has 1 saturated heterocycles. The van der Waals surface area contributed by atoms with E-state index in [0.717, 1.165) is 19.3 Å². The van der Waals surface area contributed by atoms with Crippen LogP contribution in [0.4, 0.5) is 0 Å². The van der Waals surface area contributed by atoms with Crippen LogP contribution in [0.2, 0.25) is 0 Å². The van der Waals surface area contributed by atoms with Gasteiger partial charge >= 0.3 is 0 Å². The fourth-order valence-electron chi connectivity index (χ4n) is 2.62. The molecule has 3 N–H and O–H groups in total. The topological polar surface area (TPSA) is 84.7 Å². The zero-order chi connectivity index (χ0) is 13.9. The number of nitrogens with two attached hydrogens (primary N) is 1. The Bertz CT molecular complexity index is 355. The molecule has 1 aliphatic carbocycles. The molecule has 1 atom stereocenters. The number of likely N-dealkylation sites (N-methyl/N-ethyl adjacent to an activating group) is 1. The summed E-state index contributed by atoms with van der Waals surface area (Å²) in [4.78, 5) is 25.9. The van der Waals surface area contributed by atoms with E-state index in [-0.39, 0.29) is 24.0 Å². The standard InChI is InChI=1S/C13H23N3O3/c1-2-15-12(18)10-9-19-7-6-16(10)11(17)8-13(14)4-3-5-13/h10H,2-9,14H2,1H3,(H,15,18). The van der Waals surface area contributed by atoms with Gasteiger partial charge in [0.25, 0.3) is 0 Å². The predicted octanol–water partition coefficient (Wildman–Crippen LogP) is -0.379. The average molecular weight is 269 g/mol. The monoisotopic (exact) mass is 269 g/mol. The lowest BCUT2D eigenvalue weighted by Crippen LogP contribution is -2.58. The van der Waals surface area contributed by atoms with Crippen molar-refractivity contribution in [1.82, 2.24) is 10.2 Å². The Labute approximate surface area is 113 Å². The Kier molecular flexibility index (Phi) is 4.42.